The van der Waals surface area contributed by atoms with E-state index in [9.17, 15) is 14.7 Å². The molecule has 1 aromatic rings. The average molecular weight is 287 g/mol. The number of rotatable bonds is 3. The number of benzene rings is 1. The van der Waals surface area contributed by atoms with Crippen molar-refractivity contribution >= 4 is 11.9 Å². The van der Waals surface area contributed by atoms with Crippen molar-refractivity contribution in [2.75, 3.05) is 6.54 Å². The minimum Gasteiger partial charge on any atom is -0.480 e. The van der Waals surface area contributed by atoms with Gasteiger partial charge in [-0.15, -0.1) is 0 Å². The Hall–Kier alpha value is -1.84. The largest absolute Gasteiger partial charge is 0.480 e. The van der Waals surface area contributed by atoms with Crippen LogP contribution in [0.4, 0.5) is 0 Å². The quantitative estimate of drug-likeness (QED) is 0.929. The van der Waals surface area contributed by atoms with Gasteiger partial charge >= 0.3 is 5.97 Å². The summed E-state index contributed by atoms with van der Waals surface area (Å²) in [4.78, 5) is 25.6. The molecule has 1 aliphatic heterocycles. The molecule has 0 radical (unpaired) electrons. The number of carboxylic acids is 1. The molecular formula is C17H21NO3. The lowest BCUT2D eigenvalue weighted by molar-refractivity contribution is -0.152. The van der Waals surface area contributed by atoms with Gasteiger partial charge in [-0.3, -0.25) is 4.79 Å². The van der Waals surface area contributed by atoms with Gasteiger partial charge in [0.1, 0.15) is 6.04 Å². The van der Waals surface area contributed by atoms with E-state index in [1.807, 2.05) is 12.1 Å². The van der Waals surface area contributed by atoms with Gasteiger partial charge in [-0.1, -0.05) is 24.3 Å². The number of aryl methyl sites for hydroxylation is 1. The van der Waals surface area contributed by atoms with Gasteiger partial charge in [0.2, 0.25) is 5.91 Å². The van der Waals surface area contributed by atoms with Crippen LogP contribution in [-0.2, 0) is 9.59 Å². The van der Waals surface area contributed by atoms with Crippen LogP contribution in [0.5, 0.6) is 0 Å². The summed E-state index contributed by atoms with van der Waals surface area (Å²) in [6.45, 7) is 2.66. The second kappa shape index (κ2) is 5.51. The summed E-state index contributed by atoms with van der Waals surface area (Å²) >= 11 is 0. The smallest absolute Gasteiger partial charge is 0.326 e. The van der Waals surface area contributed by atoms with Crippen LogP contribution in [0.2, 0.25) is 0 Å². The summed E-state index contributed by atoms with van der Waals surface area (Å²) in [6, 6.07) is 7.53. The Morgan fingerprint density at radius 1 is 1.24 bits per heavy atom. The minimum atomic E-state index is -0.865. The van der Waals surface area contributed by atoms with E-state index in [-0.39, 0.29) is 17.7 Å². The van der Waals surface area contributed by atoms with Gasteiger partial charge in [0.15, 0.2) is 0 Å². The monoisotopic (exact) mass is 287 g/mol. The fourth-order valence-corrected chi connectivity index (χ4v) is 3.48. The number of hydrogen-bond donors (Lipinski definition) is 1. The Morgan fingerprint density at radius 2 is 2.00 bits per heavy atom. The lowest BCUT2D eigenvalue weighted by Gasteiger charge is -2.33. The second-order valence-electron chi connectivity index (χ2n) is 6.19. The van der Waals surface area contributed by atoms with Crippen molar-refractivity contribution in [3.05, 3.63) is 35.4 Å². The summed E-state index contributed by atoms with van der Waals surface area (Å²) < 4.78 is 0. The molecule has 2 aliphatic rings. The van der Waals surface area contributed by atoms with Crippen LogP contribution in [-0.4, -0.2) is 34.5 Å². The highest BCUT2D eigenvalue weighted by Crippen LogP contribution is 2.49. The van der Waals surface area contributed by atoms with E-state index in [1.165, 1.54) is 11.1 Å². The summed E-state index contributed by atoms with van der Waals surface area (Å²) in [5.74, 6) is -0.576. The van der Waals surface area contributed by atoms with Crippen molar-refractivity contribution in [1.82, 2.24) is 4.90 Å². The van der Waals surface area contributed by atoms with Gasteiger partial charge in [-0.2, -0.15) is 0 Å². The Labute approximate surface area is 124 Å². The maximum absolute atomic E-state index is 12.6. The molecule has 2 fully saturated rings. The van der Waals surface area contributed by atoms with Crippen LogP contribution in [0.15, 0.2) is 24.3 Å². The number of carbonyl (C=O) groups is 2. The third-order valence-corrected chi connectivity index (χ3v) is 4.77. The van der Waals surface area contributed by atoms with Gasteiger partial charge < -0.3 is 10.0 Å². The Balaban J connectivity index is 1.72. The standard InChI is InChI=1S/C17H21NO3/c1-11-6-2-3-7-12(11)13-10-14(13)16(19)18-9-5-4-8-15(18)17(20)21/h2-3,6-7,13-15H,4-5,8-10H2,1H3,(H,20,21)/t13-,14+,15-/m0/s1. The molecule has 0 aromatic heterocycles. The minimum absolute atomic E-state index is 0.0222. The zero-order valence-corrected chi connectivity index (χ0v) is 12.3. The molecular weight excluding hydrogens is 266 g/mol. The highest BCUT2D eigenvalue weighted by Gasteiger charge is 2.48. The molecule has 1 amide bonds. The van der Waals surface area contributed by atoms with Gasteiger partial charge in [0.25, 0.3) is 0 Å². The van der Waals surface area contributed by atoms with E-state index in [0.29, 0.717) is 13.0 Å². The molecule has 0 bridgehead atoms. The molecule has 0 unspecified atom stereocenters. The number of aliphatic carboxylic acids is 1. The maximum Gasteiger partial charge on any atom is 0.326 e. The van der Waals surface area contributed by atoms with Crippen molar-refractivity contribution < 1.29 is 14.7 Å². The molecule has 1 saturated carbocycles. The lowest BCUT2D eigenvalue weighted by Crippen LogP contribution is -2.48. The molecule has 1 N–H and O–H groups in total. The SMILES string of the molecule is Cc1ccccc1[C@@H]1C[C@H]1C(=O)N1CCCC[C@H]1C(=O)O. The maximum atomic E-state index is 12.6. The Morgan fingerprint density at radius 3 is 2.71 bits per heavy atom. The zero-order chi connectivity index (χ0) is 15.0. The average Bonchev–Trinajstić information content (AvgIpc) is 3.27. The van der Waals surface area contributed by atoms with Crippen molar-refractivity contribution in [2.24, 2.45) is 5.92 Å². The summed E-state index contributed by atoms with van der Waals surface area (Å²) in [5.41, 5.74) is 2.45. The first-order chi connectivity index (χ1) is 10.1. The van der Waals surface area contributed by atoms with Crippen LogP contribution >= 0.6 is 0 Å². The molecule has 1 heterocycles. The fraction of sp³-hybridized carbons (Fsp3) is 0.529. The van der Waals surface area contributed by atoms with Gasteiger partial charge in [0, 0.05) is 12.5 Å². The molecule has 4 nitrogen and oxygen atoms in total. The normalized spacial score (nSPS) is 28.2. The molecule has 0 spiro atoms. The van der Waals surface area contributed by atoms with Gasteiger partial charge in [-0.05, 0) is 49.7 Å². The van der Waals surface area contributed by atoms with Crippen molar-refractivity contribution in [3.8, 4) is 0 Å². The molecule has 1 saturated heterocycles. The highest BCUT2D eigenvalue weighted by molar-refractivity contribution is 5.88. The number of nitrogens with zero attached hydrogens (tertiary/aromatic N) is 1. The van der Waals surface area contributed by atoms with Crippen molar-refractivity contribution in [1.29, 1.82) is 0 Å². The summed E-state index contributed by atoms with van der Waals surface area (Å²) in [6.07, 6.45) is 3.25. The summed E-state index contributed by atoms with van der Waals surface area (Å²) in [7, 11) is 0. The van der Waals surface area contributed by atoms with Gasteiger partial charge in [-0.25, -0.2) is 4.79 Å². The van der Waals surface area contributed by atoms with E-state index in [1.54, 1.807) is 4.90 Å². The molecule has 21 heavy (non-hydrogen) atoms. The van der Waals surface area contributed by atoms with Crippen LogP contribution in [0.3, 0.4) is 0 Å². The van der Waals surface area contributed by atoms with E-state index >= 15 is 0 Å². The topological polar surface area (TPSA) is 57.6 Å². The number of carbonyl (C=O) groups excluding carboxylic acids is 1. The van der Waals surface area contributed by atoms with Crippen molar-refractivity contribution in [2.45, 2.75) is 44.6 Å². The first-order valence-electron chi connectivity index (χ1n) is 7.68. The number of likely N-dealkylation sites (tertiary alicyclic amines) is 1. The molecule has 3 atom stereocenters. The predicted molar refractivity (Wildman–Crippen MR) is 79.0 cm³/mol. The number of carboxylic acid groups (broad SMARTS) is 1. The Kier molecular flexibility index (Phi) is 3.70. The van der Waals surface area contributed by atoms with E-state index in [2.05, 4.69) is 19.1 Å². The third-order valence-electron chi connectivity index (χ3n) is 4.77. The molecule has 3 rings (SSSR count). The number of piperidine rings is 1. The van der Waals surface area contributed by atoms with E-state index in [4.69, 9.17) is 0 Å². The first-order valence-corrected chi connectivity index (χ1v) is 7.68. The van der Waals surface area contributed by atoms with E-state index < -0.39 is 12.0 Å². The zero-order valence-electron chi connectivity index (χ0n) is 12.3. The first kappa shape index (κ1) is 14.1. The van der Waals surface area contributed by atoms with Gasteiger partial charge in [0.05, 0.1) is 0 Å². The predicted octanol–water partition coefficient (Wildman–Crippen LogP) is 2.56. The number of amides is 1. The summed E-state index contributed by atoms with van der Waals surface area (Å²) in [5, 5.41) is 9.29. The fourth-order valence-electron chi connectivity index (χ4n) is 3.48. The third kappa shape index (κ3) is 2.67. The van der Waals surface area contributed by atoms with Crippen LogP contribution in [0.25, 0.3) is 0 Å². The molecule has 4 heteroatoms. The molecule has 112 valence electrons. The molecule has 1 aromatic carbocycles. The highest BCUT2D eigenvalue weighted by atomic mass is 16.4. The second-order valence-corrected chi connectivity index (χ2v) is 6.19. The van der Waals surface area contributed by atoms with Crippen LogP contribution in [0.1, 0.15) is 42.7 Å². The Bertz CT molecular complexity index is 569. The van der Waals surface area contributed by atoms with E-state index in [0.717, 1.165) is 19.3 Å². The lowest BCUT2D eigenvalue weighted by atomic mass is 10.00. The van der Waals surface area contributed by atoms with Crippen LogP contribution < -0.4 is 0 Å². The van der Waals surface area contributed by atoms with Crippen LogP contribution in [0, 0.1) is 12.8 Å². The number of hydrogen-bond acceptors (Lipinski definition) is 2. The van der Waals surface area contributed by atoms with Crippen molar-refractivity contribution in [3.63, 3.8) is 0 Å². The molecule has 1 aliphatic carbocycles.